The van der Waals surface area contributed by atoms with Crippen molar-refractivity contribution in [2.24, 2.45) is 0 Å². The molecule has 2 aromatic heterocycles. The van der Waals surface area contributed by atoms with Crippen molar-refractivity contribution in [3.8, 4) is 5.69 Å². The number of carbonyl (C=O) groups is 1. The lowest BCUT2D eigenvalue weighted by molar-refractivity contribution is 0.0288. The largest absolute Gasteiger partial charge is 0.444 e. The molecule has 0 bridgehead atoms. The molecule has 1 unspecified atom stereocenters. The number of carbonyl (C=O) groups excluding carboxylic acids is 1. The maximum absolute atomic E-state index is 11.9. The van der Waals surface area contributed by atoms with Crippen molar-refractivity contribution in [2.45, 2.75) is 51.2 Å². The minimum Gasteiger partial charge on any atom is -0.444 e. The zero-order chi connectivity index (χ0) is 22.8. The van der Waals surface area contributed by atoms with E-state index in [2.05, 4.69) is 43.7 Å². The zero-order valence-corrected chi connectivity index (χ0v) is 19.0. The van der Waals surface area contributed by atoms with Crippen LogP contribution in [-0.2, 0) is 11.2 Å². The van der Waals surface area contributed by atoms with Crippen molar-refractivity contribution >= 4 is 17.0 Å². The lowest BCUT2D eigenvalue weighted by Gasteiger charge is -2.25. The number of likely N-dealkylation sites (tertiary alicyclic amines) is 1. The van der Waals surface area contributed by atoms with Crippen LogP contribution < -0.4 is 5.32 Å². The number of benzene rings is 1. The van der Waals surface area contributed by atoms with Crippen LogP contribution in [0.15, 0.2) is 37.1 Å². The number of fused-ring (bicyclic) bond motifs is 1. The van der Waals surface area contributed by atoms with E-state index in [0.29, 0.717) is 13.0 Å². The fourth-order valence-corrected chi connectivity index (χ4v) is 4.19. The molecule has 3 N–H and O–H groups in total. The number of aliphatic hydroxyl groups is 1. The number of aromatic nitrogens is 4. The Bertz CT molecular complexity index is 1060. The van der Waals surface area contributed by atoms with Crippen LogP contribution in [0.25, 0.3) is 16.6 Å². The number of β-amino-alcohol motifs (C(OH)–C–C–N with tert-alkyl or cyclic N) is 1. The summed E-state index contributed by atoms with van der Waals surface area (Å²) in [5, 5.41) is 22.5. The third kappa shape index (κ3) is 5.46. The Kier molecular flexibility index (Phi) is 6.21. The molecular formula is C23H32N6O3. The van der Waals surface area contributed by atoms with Gasteiger partial charge < -0.3 is 25.0 Å². The lowest BCUT2D eigenvalue weighted by Crippen LogP contribution is -2.46. The Balaban J connectivity index is 1.27. The fourth-order valence-electron chi connectivity index (χ4n) is 4.19. The van der Waals surface area contributed by atoms with Crippen molar-refractivity contribution in [1.82, 2.24) is 30.0 Å². The Morgan fingerprint density at radius 1 is 1.31 bits per heavy atom. The number of alkyl carbamates (subject to hydrolysis) is 1. The van der Waals surface area contributed by atoms with Gasteiger partial charge in [-0.1, -0.05) is 0 Å². The number of ether oxygens (including phenoxy) is 1. The molecule has 1 atom stereocenters. The number of amides is 1. The first-order chi connectivity index (χ1) is 15.2. The van der Waals surface area contributed by atoms with E-state index >= 15 is 0 Å². The summed E-state index contributed by atoms with van der Waals surface area (Å²) in [6.07, 6.45) is 7.54. The van der Waals surface area contributed by atoms with E-state index in [1.807, 2.05) is 31.4 Å². The molecule has 3 heterocycles. The molecule has 1 aromatic carbocycles. The topological polar surface area (TPSA) is 108 Å². The number of nitrogens with zero attached hydrogens (tertiary/aromatic N) is 4. The molecule has 0 aliphatic carbocycles. The van der Waals surface area contributed by atoms with E-state index < -0.39 is 17.3 Å². The molecule has 1 aliphatic rings. The first kappa shape index (κ1) is 22.3. The van der Waals surface area contributed by atoms with Gasteiger partial charge in [0.05, 0.1) is 12.1 Å². The van der Waals surface area contributed by atoms with Gasteiger partial charge in [0.2, 0.25) is 0 Å². The molecular weight excluding hydrogens is 408 g/mol. The highest BCUT2D eigenvalue weighted by Crippen LogP contribution is 2.24. The minimum atomic E-state index is -0.911. The molecule has 32 heavy (non-hydrogen) atoms. The van der Waals surface area contributed by atoms with E-state index in [-0.39, 0.29) is 6.54 Å². The van der Waals surface area contributed by atoms with Crippen LogP contribution in [0, 0.1) is 0 Å². The molecule has 1 fully saturated rings. The number of nitrogens with one attached hydrogen (secondary N) is 2. The molecule has 1 amide bonds. The van der Waals surface area contributed by atoms with Gasteiger partial charge in [0.25, 0.3) is 0 Å². The normalized spacial score (nSPS) is 19.5. The van der Waals surface area contributed by atoms with Gasteiger partial charge in [-0.15, -0.1) is 10.2 Å². The molecule has 3 aromatic rings. The van der Waals surface area contributed by atoms with Crippen LogP contribution in [0.2, 0.25) is 0 Å². The highest BCUT2D eigenvalue weighted by Gasteiger charge is 2.36. The van der Waals surface area contributed by atoms with Crippen molar-refractivity contribution in [2.75, 3.05) is 26.2 Å². The predicted octanol–water partition coefficient (Wildman–Crippen LogP) is 2.64. The summed E-state index contributed by atoms with van der Waals surface area (Å²) in [4.78, 5) is 17.5. The van der Waals surface area contributed by atoms with E-state index in [1.165, 1.54) is 10.9 Å². The van der Waals surface area contributed by atoms with E-state index in [1.54, 1.807) is 12.7 Å². The molecule has 0 radical (unpaired) electrons. The van der Waals surface area contributed by atoms with Crippen LogP contribution >= 0.6 is 0 Å². The number of rotatable bonds is 7. The summed E-state index contributed by atoms with van der Waals surface area (Å²) < 4.78 is 7.15. The van der Waals surface area contributed by atoms with Crippen LogP contribution in [-0.4, -0.2) is 73.2 Å². The quantitative estimate of drug-likeness (QED) is 0.521. The SMILES string of the molecule is CC(C)(C)OC(=O)NCC1(O)CCN(CCCc2c[nH]c3ccc(-n4cnnc4)cc23)C1. The maximum Gasteiger partial charge on any atom is 0.407 e. The average molecular weight is 441 g/mol. The van der Waals surface area contributed by atoms with E-state index in [9.17, 15) is 9.90 Å². The predicted molar refractivity (Wildman–Crippen MR) is 122 cm³/mol. The van der Waals surface area contributed by atoms with Crippen LogP contribution in [0.4, 0.5) is 4.79 Å². The minimum absolute atomic E-state index is 0.201. The molecule has 4 rings (SSSR count). The second-order valence-electron chi connectivity index (χ2n) is 9.62. The van der Waals surface area contributed by atoms with Gasteiger partial charge in [-0.25, -0.2) is 4.79 Å². The summed E-state index contributed by atoms with van der Waals surface area (Å²) in [5.41, 5.74) is 1.96. The van der Waals surface area contributed by atoms with Crippen molar-refractivity contribution in [3.05, 3.63) is 42.6 Å². The lowest BCUT2D eigenvalue weighted by atomic mass is 10.0. The number of hydrogen-bond acceptors (Lipinski definition) is 6. The van der Waals surface area contributed by atoms with E-state index in [0.717, 1.165) is 37.1 Å². The first-order valence-electron chi connectivity index (χ1n) is 11.1. The van der Waals surface area contributed by atoms with Crippen LogP contribution in [0.3, 0.4) is 0 Å². The van der Waals surface area contributed by atoms with Gasteiger partial charge in [-0.05, 0) is 70.3 Å². The molecule has 1 saturated heterocycles. The van der Waals surface area contributed by atoms with Crippen molar-refractivity contribution < 1.29 is 14.6 Å². The van der Waals surface area contributed by atoms with Crippen LogP contribution in [0.1, 0.15) is 39.2 Å². The highest BCUT2D eigenvalue weighted by molar-refractivity contribution is 5.85. The second kappa shape index (κ2) is 8.91. The van der Waals surface area contributed by atoms with Gasteiger partial charge in [-0.3, -0.25) is 4.57 Å². The summed E-state index contributed by atoms with van der Waals surface area (Å²) in [5.74, 6) is 0. The Hall–Kier alpha value is -2.91. The third-order valence-electron chi connectivity index (χ3n) is 5.76. The molecule has 0 saturated carbocycles. The Morgan fingerprint density at radius 3 is 2.84 bits per heavy atom. The average Bonchev–Trinajstić information content (AvgIpc) is 3.46. The molecule has 1 aliphatic heterocycles. The molecule has 0 spiro atoms. The van der Waals surface area contributed by atoms with E-state index in [4.69, 9.17) is 4.74 Å². The summed E-state index contributed by atoms with van der Waals surface area (Å²) in [6, 6.07) is 6.27. The number of aromatic amines is 1. The van der Waals surface area contributed by atoms with Crippen LogP contribution in [0.5, 0.6) is 0 Å². The summed E-state index contributed by atoms with van der Waals surface area (Å²) in [6.45, 7) is 7.93. The zero-order valence-electron chi connectivity index (χ0n) is 19.0. The smallest absolute Gasteiger partial charge is 0.407 e. The van der Waals surface area contributed by atoms with Crippen molar-refractivity contribution in [1.29, 1.82) is 0 Å². The monoisotopic (exact) mass is 440 g/mol. The molecule has 172 valence electrons. The third-order valence-corrected chi connectivity index (χ3v) is 5.76. The van der Waals surface area contributed by atoms with Gasteiger partial charge >= 0.3 is 6.09 Å². The van der Waals surface area contributed by atoms with Gasteiger partial charge in [0, 0.05) is 35.9 Å². The second-order valence-corrected chi connectivity index (χ2v) is 9.62. The van der Waals surface area contributed by atoms with Gasteiger partial charge in [-0.2, -0.15) is 0 Å². The summed E-state index contributed by atoms with van der Waals surface area (Å²) in [7, 11) is 0. The Labute approximate surface area is 187 Å². The maximum atomic E-state index is 11.9. The van der Waals surface area contributed by atoms with Gasteiger partial charge in [0.1, 0.15) is 18.3 Å². The number of H-pyrrole nitrogens is 1. The number of hydrogen-bond donors (Lipinski definition) is 3. The first-order valence-corrected chi connectivity index (χ1v) is 11.1. The molecule has 9 heteroatoms. The van der Waals surface area contributed by atoms with Gasteiger partial charge in [0.15, 0.2) is 0 Å². The number of aryl methyl sites for hydroxylation is 1. The fraction of sp³-hybridized carbons (Fsp3) is 0.522. The molecule has 9 nitrogen and oxygen atoms in total. The summed E-state index contributed by atoms with van der Waals surface area (Å²) >= 11 is 0. The highest BCUT2D eigenvalue weighted by atomic mass is 16.6. The standard InChI is InChI=1S/C23H32N6O3/c1-22(2,3)32-21(30)25-13-23(31)8-10-28(14-23)9-4-5-17-12-24-20-7-6-18(11-19(17)20)29-15-26-27-16-29/h6-7,11-12,15-16,24,31H,4-5,8-10,13-14H2,1-3H3,(H,25,30). The van der Waals surface area contributed by atoms with Crippen molar-refractivity contribution in [3.63, 3.8) is 0 Å². The Morgan fingerprint density at radius 2 is 2.09 bits per heavy atom.